The maximum absolute atomic E-state index is 5.53. The van der Waals surface area contributed by atoms with E-state index < -0.39 is 0 Å². The summed E-state index contributed by atoms with van der Waals surface area (Å²) in [6.45, 7) is 8.13. The van der Waals surface area contributed by atoms with Crippen LogP contribution in [0.4, 0.5) is 0 Å². The minimum Gasteiger partial charge on any atom is -0.380 e. The number of hydrogen-bond donors (Lipinski definition) is 0. The molecule has 0 aromatic rings. The molecule has 4 nitrogen and oxygen atoms in total. The van der Waals surface area contributed by atoms with Crippen LogP contribution in [-0.4, -0.2) is 67.4 Å². The lowest BCUT2D eigenvalue weighted by Crippen LogP contribution is -2.26. The maximum atomic E-state index is 5.53. The first-order valence-electron chi connectivity index (χ1n) is 6.16. The van der Waals surface area contributed by atoms with Gasteiger partial charge in [0.05, 0.1) is 16.1 Å². The van der Waals surface area contributed by atoms with Gasteiger partial charge in [0.1, 0.15) is 5.91 Å². The third kappa shape index (κ3) is 10.6. The molecule has 0 aliphatic carbocycles. The lowest BCUT2D eigenvalue weighted by atomic mass is 10.6. The highest BCUT2D eigenvalue weighted by atomic mass is 28.2. The van der Waals surface area contributed by atoms with Crippen LogP contribution in [0.2, 0.25) is 6.04 Å². The molecule has 0 aromatic heterocycles. The first-order valence-corrected chi connectivity index (χ1v) is 7.98. The SMILES string of the molecule is CCOC(OCC)[SiH2]CCOCCN(C)C. The predicted octanol–water partition coefficient (Wildman–Crippen LogP) is 0.508. The van der Waals surface area contributed by atoms with E-state index >= 15 is 0 Å². The van der Waals surface area contributed by atoms with Crippen molar-refractivity contribution < 1.29 is 14.2 Å². The smallest absolute Gasteiger partial charge is 0.134 e. The van der Waals surface area contributed by atoms with Crippen molar-refractivity contribution in [2.24, 2.45) is 0 Å². The molecular formula is C11H27NO3Si. The molecule has 16 heavy (non-hydrogen) atoms. The van der Waals surface area contributed by atoms with Crippen LogP contribution in [0.15, 0.2) is 0 Å². The molecule has 5 heteroatoms. The summed E-state index contributed by atoms with van der Waals surface area (Å²) in [7, 11) is 3.78. The Hall–Kier alpha value is 0.0569. The van der Waals surface area contributed by atoms with Gasteiger partial charge in [0.2, 0.25) is 0 Å². The molecule has 0 atom stereocenters. The first kappa shape index (κ1) is 16.1. The minimum atomic E-state index is -0.327. The molecule has 0 bridgehead atoms. The molecule has 0 aliphatic heterocycles. The fourth-order valence-corrected chi connectivity index (χ4v) is 2.80. The van der Waals surface area contributed by atoms with Crippen LogP contribution in [0.3, 0.4) is 0 Å². The molecule has 0 saturated heterocycles. The van der Waals surface area contributed by atoms with Crippen molar-refractivity contribution in [2.45, 2.75) is 25.8 Å². The van der Waals surface area contributed by atoms with Gasteiger partial charge in [0.15, 0.2) is 0 Å². The standard InChI is InChI=1S/C11H27NO3Si/c1-5-14-11(15-6-2)16-10-9-13-8-7-12(3)4/h11H,5-10,16H2,1-4H3. The third-order valence-electron chi connectivity index (χ3n) is 2.12. The monoisotopic (exact) mass is 249 g/mol. The lowest BCUT2D eigenvalue weighted by Gasteiger charge is -2.16. The second-order valence-corrected chi connectivity index (χ2v) is 5.85. The highest BCUT2D eigenvalue weighted by molar-refractivity contribution is 6.36. The Labute approximate surface area is 102 Å². The molecule has 0 spiro atoms. The van der Waals surface area contributed by atoms with Gasteiger partial charge in [-0.15, -0.1) is 0 Å². The minimum absolute atomic E-state index is 0.0763. The number of likely N-dealkylation sites (N-methyl/N-ethyl adjacent to an activating group) is 1. The summed E-state index contributed by atoms with van der Waals surface area (Å²) >= 11 is 0. The Morgan fingerprint density at radius 3 is 2.19 bits per heavy atom. The van der Waals surface area contributed by atoms with E-state index in [9.17, 15) is 0 Å². The van der Waals surface area contributed by atoms with E-state index in [4.69, 9.17) is 14.2 Å². The Morgan fingerprint density at radius 1 is 1.06 bits per heavy atom. The van der Waals surface area contributed by atoms with Crippen LogP contribution in [0, 0.1) is 0 Å². The van der Waals surface area contributed by atoms with E-state index in [-0.39, 0.29) is 15.4 Å². The molecule has 0 radical (unpaired) electrons. The number of rotatable bonds is 11. The molecule has 98 valence electrons. The molecule has 0 heterocycles. The summed E-state index contributed by atoms with van der Waals surface area (Å²) in [6.07, 6.45) is 0. The average molecular weight is 249 g/mol. The van der Waals surface area contributed by atoms with Gasteiger partial charge in [-0.1, -0.05) is 0 Å². The average Bonchev–Trinajstić information content (AvgIpc) is 2.23. The number of hydrogen-bond acceptors (Lipinski definition) is 4. The fraction of sp³-hybridized carbons (Fsp3) is 1.00. The van der Waals surface area contributed by atoms with Gasteiger partial charge in [-0.2, -0.15) is 0 Å². The van der Waals surface area contributed by atoms with Gasteiger partial charge in [0.25, 0.3) is 0 Å². The van der Waals surface area contributed by atoms with Crippen molar-refractivity contribution in [3.63, 3.8) is 0 Å². The van der Waals surface area contributed by atoms with E-state index in [0.717, 1.165) is 39.0 Å². The molecule has 0 aromatic carbocycles. The molecule has 0 N–H and O–H groups in total. The Balaban J connectivity index is 3.32. The van der Waals surface area contributed by atoms with Gasteiger partial charge < -0.3 is 19.1 Å². The van der Waals surface area contributed by atoms with Crippen LogP contribution in [0.1, 0.15) is 13.8 Å². The maximum Gasteiger partial charge on any atom is 0.134 e. The topological polar surface area (TPSA) is 30.9 Å². The lowest BCUT2D eigenvalue weighted by molar-refractivity contribution is -0.0830. The zero-order valence-corrected chi connectivity index (χ0v) is 12.6. The van der Waals surface area contributed by atoms with E-state index in [1.165, 1.54) is 0 Å². The van der Waals surface area contributed by atoms with E-state index in [1.54, 1.807) is 0 Å². The van der Waals surface area contributed by atoms with Crippen LogP contribution >= 0.6 is 0 Å². The van der Waals surface area contributed by atoms with E-state index in [2.05, 4.69) is 19.0 Å². The summed E-state index contributed by atoms with van der Waals surface area (Å²) in [6, 6.07) is 1.12. The summed E-state index contributed by atoms with van der Waals surface area (Å²) < 4.78 is 16.5. The summed E-state index contributed by atoms with van der Waals surface area (Å²) in [5, 5.41) is 0. The molecule has 0 saturated carbocycles. The normalized spacial score (nSPS) is 12.4. The van der Waals surface area contributed by atoms with Crippen molar-refractivity contribution in [3.8, 4) is 0 Å². The van der Waals surface area contributed by atoms with Gasteiger partial charge in [0, 0.05) is 26.4 Å². The zero-order chi connectivity index (χ0) is 12.2. The predicted molar refractivity (Wildman–Crippen MR) is 69.8 cm³/mol. The van der Waals surface area contributed by atoms with Crippen molar-refractivity contribution >= 4 is 9.52 Å². The Kier molecular flexibility index (Phi) is 11.6. The Morgan fingerprint density at radius 2 is 1.69 bits per heavy atom. The van der Waals surface area contributed by atoms with Crippen LogP contribution < -0.4 is 0 Å². The molecule has 0 rings (SSSR count). The molecule has 0 fully saturated rings. The van der Waals surface area contributed by atoms with Crippen LogP contribution in [0.25, 0.3) is 0 Å². The number of ether oxygens (including phenoxy) is 3. The van der Waals surface area contributed by atoms with Gasteiger partial charge in [-0.3, -0.25) is 0 Å². The molecular weight excluding hydrogens is 222 g/mol. The summed E-state index contributed by atoms with van der Waals surface area (Å²) in [5.41, 5.74) is 0. The second-order valence-electron chi connectivity index (χ2n) is 3.90. The molecule has 0 aliphatic rings. The highest BCUT2D eigenvalue weighted by Gasteiger charge is 2.07. The fourth-order valence-electron chi connectivity index (χ4n) is 1.29. The van der Waals surface area contributed by atoms with Crippen molar-refractivity contribution in [1.29, 1.82) is 0 Å². The van der Waals surface area contributed by atoms with E-state index in [0.29, 0.717) is 0 Å². The Bertz CT molecular complexity index is 141. The van der Waals surface area contributed by atoms with Gasteiger partial charge in [-0.05, 0) is 34.0 Å². The quantitative estimate of drug-likeness (QED) is 0.303. The van der Waals surface area contributed by atoms with Gasteiger partial charge in [-0.25, -0.2) is 0 Å². The summed E-state index contributed by atoms with van der Waals surface area (Å²) in [5.74, 6) is 0.0763. The molecule has 0 amide bonds. The summed E-state index contributed by atoms with van der Waals surface area (Å²) in [4.78, 5) is 2.13. The largest absolute Gasteiger partial charge is 0.380 e. The van der Waals surface area contributed by atoms with Crippen molar-refractivity contribution in [1.82, 2.24) is 4.90 Å². The zero-order valence-electron chi connectivity index (χ0n) is 11.2. The van der Waals surface area contributed by atoms with E-state index in [1.807, 2.05) is 13.8 Å². The highest BCUT2D eigenvalue weighted by Crippen LogP contribution is 1.96. The van der Waals surface area contributed by atoms with Crippen LogP contribution in [-0.2, 0) is 14.2 Å². The van der Waals surface area contributed by atoms with Crippen molar-refractivity contribution in [2.75, 3.05) is 47.1 Å². The van der Waals surface area contributed by atoms with Crippen molar-refractivity contribution in [3.05, 3.63) is 0 Å². The third-order valence-corrected chi connectivity index (χ3v) is 3.76. The second kappa shape index (κ2) is 11.5. The first-order chi connectivity index (χ1) is 7.70. The number of nitrogens with zero attached hydrogens (tertiary/aromatic N) is 1. The van der Waals surface area contributed by atoms with Crippen LogP contribution in [0.5, 0.6) is 0 Å². The van der Waals surface area contributed by atoms with Gasteiger partial charge >= 0.3 is 0 Å². The molecule has 0 unspecified atom stereocenters.